The number of hydrogen-bond donors (Lipinski definition) is 7. The Bertz CT molecular complexity index is 1420. The molecule has 3 aliphatic rings. The quantitative estimate of drug-likeness (QED) is 0.111. The monoisotopic (exact) mass is 602 g/mol. The predicted molar refractivity (Wildman–Crippen MR) is 154 cm³/mol. The number of unbranched alkanes of at least 4 members (excludes halogenated alkanes) is 4. The SMILES string of the molecule is CCCCCCCNCC(=O)Nc1cc(F)c2c(c1O)C(=O)C1=C(O)[C@]3(O)C(=O)C(C(N)=O)=C(O)[C@@H](N(C)C)[C@@H]3C[C@@H]1C2. The van der Waals surface area contributed by atoms with Crippen molar-refractivity contribution in [2.45, 2.75) is 63.5 Å². The summed E-state index contributed by atoms with van der Waals surface area (Å²) in [6, 6.07) is -0.232. The number of phenols is 1. The molecule has 0 heterocycles. The van der Waals surface area contributed by atoms with Gasteiger partial charge in [0.15, 0.2) is 17.1 Å². The maximum absolute atomic E-state index is 15.4. The summed E-state index contributed by atoms with van der Waals surface area (Å²) in [5.41, 5.74) is 0.183. The lowest BCUT2D eigenvalue weighted by Gasteiger charge is -2.50. The summed E-state index contributed by atoms with van der Waals surface area (Å²) < 4.78 is 15.4. The van der Waals surface area contributed by atoms with Crippen LogP contribution in [0.25, 0.3) is 0 Å². The summed E-state index contributed by atoms with van der Waals surface area (Å²) in [7, 11) is 3.04. The Morgan fingerprint density at radius 3 is 2.44 bits per heavy atom. The van der Waals surface area contributed by atoms with Crippen molar-refractivity contribution in [1.29, 1.82) is 0 Å². The van der Waals surface area contributed by atoms with E-state index in [-0.39, 0.29) is 30.6 Å². The fourth-order valence-corrected chi connectivity index (χ4v) is 6.62. The lowest BCUT2D eigenvalue weighted by atomic mass is 9.58. The van der Waals surface area contributed by atoms with E-state index < -0.39 is 86.7 Å². The number of carbonyl (C=O) groups excluding carboxylic acids is 4. The Balaban J connectivity index is 1.65. The summed E-state index contributed by atoms with van der Waals surface area (Å²) >= 11 is 0. The number of allylic oxidation sites excluding steroid dienone is 1. The van der Waals surface area contributed by atoms with E-state index >= 15 is 4.39 Å². The zero-order chi connectivity index (χ0) is 31.8. The number of amides is 2. The van der Waals surface area contributed by atoms with Crippen LogP contribution in [-0.2, 0) is 20.8 Å². The number of Topliss-reactive ketones (excluding diaryl/α,β-unsaturated/α-hetero) is 2. The number of ketones is 2. The van der Waals surface area contributed by atoms with Crippen molar-refractivity contribution in [2.24, 2.45) is 17.6 Å². The molecule has 12 nitrogen and oxygen atoms in total. The fourth-order valence-electron chi connectivity index (χ4n) is 6.62. The van der Waals surface area contributed by atoms with Gasteiger partial charge in [0.25, 0.3) is 5.91 Å². The minimum Gasteiger partial charge on any atom is -0.510 e. The molecule has 0 radical (unpaired) electrons. The van der Waals surface area contributed by atoms with Crippen LogP contribution in [0.5, 0.6) is 5.75 Å². The Hall–Kier alpha value is -3.81. The molecule has 4 rings (SSSR count). The van der Waals surface area contributed by atoms with Gasteiger partial charge in [0, 0.05) is 23.1 Å². The highest BCUT2D eigenvalue weighted by Gasteiger charge is 2.63. The molecular formula is C30H39FN4O8. The Kier molecular flexibility index (Phi) is 9.28. The number of benzene rings is 1. The van der Waals surface area contributed by atoms with Crippen LogP contribution in [-0.4, -0.2) is 87.5 Å². The number of carbonyl (C=O) groups is 4. The molecule has 8 N–H and O–H groups in total. The third-order valence-corrected chi connectivity index (χ3v) is 8.68. The summed E-state index contributed by atoms with van der Waals surface area (Å²) in [4.78, 5) is 53.1. The van der Waals surface area contributed by atoms with Crippen molar-refractivity contribution in [1.82, 2.24) is 10.2 Å². The fraction of sp³-hybridized carbons (Fsp3) is 0.533. The summed E-state index contributed by atoms with van der Waals surface area (Å²) in [6.07, 6.45) is 4.90. The van der Waals surface area contributed by atoms with Gasteiger partial charge in [-0.05, 0) is 45.8 Å². The third kappa shape index (κ3) is 5.52. The topological polar surface area (TPSA) is 203 Å². The molecule has 43 heavy (non-hydrogen) atoms. The van der Waals surface area contributed by atoms with Crippen LogP contribution in [0.2, 0.25) is 0 Å². The van der Waals surface area contributed by atoms with Crippen LogP contribution in [0.3, 0.4) is 0 Å². The summed E-state index contributed by atoms with van der Waals surface area (Å²) in [6.45, 7) is 2.60. The van der Waals surface area contributed by atoms with Crippen LogP contribution in [0.15, 0.2) is 28.7 Å². The maximum atomic E-state index is 15.4. The molecule has 4 atom stereocenters. The van der Waals surface area contributed by atoms with Gasteiger partial charge >= 0.3 is 0 Å². The van der Waals surface area contributed by atoms with E-state index in [1.807, 2.05) is 0 Å². The van der Waals surface area contributed by atoms with E-state index in [0.717, 1.165) is 38.2 Å². The van der Waals surface area contributed by atoms with Crippen molar-refractivity contribution in [2.75, 3.05) is 32.5 Å². The number of anilines is 1. The molecule has 0 saturated carbocycles. The lowest BCUT2D eigenvalue weighted by Crippen LogP contribution is -2.63. The second-order valence-corrected chi connectivity index (χ2v) is 11.7. The highest BCUT2D eigenvalue weighted by molar-refractivity contribution is 6.25. The van der Waals surface area contributed by atoms with Gasteiger partial charge in [0.2, 0.25) is 11.7 Å². The number of nitrogens with zero attached hydrogens (tertiary/aromatic N) is 1. The van der Waals surface area contributed by atoms with E-state index in [9.17, 15) is 39.6 Å². The molecule has 0 unspecified atom stereocenters. The molecule has 13 heteroatoms. The van der Waals surface area contributed by atoms with Gasteiger partial charge in [-0.3, -0.25) is 24.1 Å². The number of likely N-dealkylation sites (N-methyl/N-ethyl adjacent to an activating group) is 1. The average Bonchev–Trinajstić information content (AvgIpc) is 2.92. The average molecular weight is 603 g/mol. The molecule has 0 spiro atoms. The van der Waals surface area contributed by atoms with Gasteiger partial charge in [-0.1, -0.05) is 32.6 Å². The molecule has 0 aromatic heterocycles. The number of halogens is 1. The molecule has 0 aliphatic heterocycles. The number of fused-ring (bicyclic) bond motifs is 3. The van der Waals surface area contributed by atoms with E-state index in [1.54, 1.807) is 0 Å². The molecule has 3 aliphatic carbocycles. The summed E-state index contributed by atoms with van der Waals surface area (Å²) in [5, 5.41) is 50.2. The Morgan fingerprint density at radius 2 is 1.81 bits per heavy atom. The first-order valence-electron chi connectivity index (χ1n) is 14.5. The largest absolute Gasteiger partial charge is 0.510 e. The molecule has 2 amide bonds. The van der Waals surface area contributed by atoms with E-state index in [1.165, 1.54) is 19.0 Å². The first-order chi connectivity index (χ1) is 20.3. The standard InChI is InChI=1S/C30H39FN4O8/c1-4-5-6-7-8-9-33-13-19(36)34-18-12-17(31)15-10-14-11-16-23(35(2)3)26(39)22(29(32)42)28(41)30(16,43)27(40)20(14)25(38)21(15)24(18)37/h12,14,16,23,33,37,39-40,43H,4-11,13H2,1-3H3,(H2,32,42)(H,34,36)/t14-,16-,23-,30-/m0/s1. The number of hydrogen-bond acceptors (Lipinski definition) is 10. The number of aliphatic hydroxyl groups is 3. The number of primary amides is 1. The highest BCUT2D eigenvalue weighted by Crippen LogP contribution is 2.53. The normalized spacial score (nSPS) is 25.0. The minimum absolute atomic E-state index is 0.111. The Morgan fingerprint density at radius 1 is 1.14 bits per heavy atom. The number of nitrogens with two attached hydrogens (primary N) is 1. The second-order valence-electron chi connectivity index (χ2n) is 11.7. The number of nitrogens with one attached hydrogen (secondary N) is 2. The molecule has 0 bridgehead atoms. The van der Waals surface area contributed by atoms with Gasteiger partial charge in [-0.2, -0.15) is 0 Å². The molecule has 1 aromatic carbocycles. The zero-order valence-corrected chi connectivity index (χ0v) is 24.5. The highest BCUT2D eigenvalue weighted by atomic mass is 19.1. The molecule has 234 valence electrons. The molecule has 0 fully saturated rings. The number of aromatic hydroxyl groups is 1. The van der Waals surface area contributed by atoms with E-state index in [4.69, 9.17) is 5.73 Å². The van der Waals surface area contributed by atoms with Crippen LogP contribution < -0.4 is 16.4 Å². The zero-order valence-electron chi connectivity index (χ0n) is 24.5. The van der Waals surface area contributed by atoms with Gasteiger partial charge in [-0.25, -0.2) is 4.39 Å². The molecule has 1 aromatic rings. The van der Waals surface area contributed by atoms with Gasteiger partial charge in [-0.15, -0.1) is 0 Å². The summed E-state index contributed by atoms with van der Waals surface area (Å²) in [5.74, 6) is -9.76. The van der Waals surface area contributed by atoms with Gasteiger partial charge in [0.1, 0.15) is 22.9 Å². The van der Waals surface area contributed by atoms with Gasteiger partial charge in [0.05, 0.1) is 23.8 Å². The third-order valence-electron chi connectivity index (χ3n) is 8.68. The van der Waals surface area contributed by atoms with Crippen LogP contribution in [0, 0.1) is 17.7 Å². The van der Waals surface area contributed by atoms with E-state index in [0.29, 0.717) is 6.54 Å². The Labute approximate surface area is 248 Å². The second kappa shape index (κ2) is 12.4. The van der Waals surface area contributed by atoms with Gasteiger partial charge < -0.3 is 36.8 Å². The van der Waals surface area contributed by atoms with Crippen molar-refractivity contribution in [3.05, 3.63) is 45.7 Å². The van der Waals surface area contributed by atoms with Crippen molar-refractivity contribution >= 4 is 29.1 Å². The molecular weight excluding hydrogens is 563 g/mol. The lowest BCUT2D eigenvalue weighted by molar-refractivity contribution is -0.148. The number of phenolic OH excluding ortho intramolecular Hbond substituents is 1. The first kappa shape index (κ1) is 32.1. The van der Waals surface area contributed by atoms with Crippen LogP contribution in [0.4, 0.5) is 10.1 Å². The van der Waals surface area contributed by atoms with Crippen molar-refractivity contribution in [3.8, 4) is 5.75 Å². The molecule has 0 saturated heterocycles. The van der Waals surface area contributed by atoms with Crippen LogP contribution in [0.1, 0.15) is 61.4 Å². The predicted octanol–water partition coefficient (Wildman–Crippen LogP) is 1.76. The van der Waals surface area contributed by atoms with Crippen molar-refractivity contribution in [3.63, 3.8) is 0 Å². The van der Waals surface area contributed by atoms with Crippen molar-refractivity contribution < 1.29 is 44.0 Å². The number of rotatable bonds is 11. The smallest absolute Gasteiger partial charge is 0.255 e. The maximum Gasteiger partial charge on any atom is 0.255 e. The minimum atomic E-state index is -2.80. The van der Waals surface area contributed by atoms with E-state index in [2.05, 4.69) is 17.6 Å². The first-order valence-corrected chi connectivity index (χ1v) is 14.5. The number of aliphatic hydroxyl groups excluding tert-OH is 2. The van der Waals surface area contributed by atoms with Crippen LogP contribution >= 0.6 is 0 Å².